The Bertz CT molecular complexity index is 416. The van der Waals surface area contributed by atoms with Crippen molar-refractivity contribution in [1.82, 2.24) is 10.2 Å². The molecular weight excluding hydrogens is 277 g/mol. The topological polar surface area (TPSA) is 27.6 Å². The minimum absolute atomic E-state index is 0.707. The first-order valence-corrected chi connectivity index (χ1v) is 6.93. The van der Waals surface area contributed by atoms with E-state index in [2.05, 4.69) is 15.2 Å². The molecule has 1 aliphatic heterocycles. The summed E-state index contributed by atoms with van der Waals surface area (Å²) in [6.07, 6.45) is 0. The van der Waals surface area contributed by atoms with Gasteiger partial charge in [0.05, 0.1) is 13.3 Å². The van der Waals surface area contributed by atoms with E-state index in [-0.39, 0.29) is 0 Å². The molecule has 0 fully saturated rings. The fourth-order valence-corrected chi connectivity index (χ4v) is 3.00. The van der Waals surface area contributed by atoms with Gasteiger partial charge in [0.1, 0.15) is 0 Å². The van der Waals surface area contributed by atoms with Crippen LogP contribution in [0.3, 0.4) is 0 Å². The molecule has 1 aromatic rings. The number of thioether (sulfide) groups is 1. The van der Waals surface area contributed by atoms with Gasteiger partial charge < -0.3 is 5.32 Å². The number of hydrogen-bond acceptors (Lipinski definition) is 4. The number of nitrogens with zero attached hydrogens (tertiary/aromatic N) is 2. The molecule has 1 N–H and O–H groups in total. The minimum Gasteiger partial charge on any atom is -0.352 e. The lowest BCUT2D eigenvalue weighted by Crippen LogP contribution is -2.39. The first-order chi connectivity index (χ1) is 8.16. The molecule has 1 aliphatic rings. The fraction of sp³-hybridized carbons (Fsp3) is 0.364. The van der Waals surface area contributed by atoms with Gasteiger partial charge in [-0.05, 0) is 24.7 Å². The molecule has 3 nitrogen and oxygen atoms in total. The minimum atomic E-state index is 0.707. The average molecular weight is 290 g/mol. The van der Waals surface area contributed by atoms with Gasteiger partial charge in [-0.3, -0.25) is 4.90 Å². The molecule has 92 valence electrons. The van der Waals surface area contributed by atoms with Crippen molar-refractivity contribution in [3.05, 3.63) is 33.8 Å². The maximum atomic E-state index is 6.10. The highest BCUT2D eigenvalue weighted by molar-refractivity contribution is 8.13. The van der Waals surface area contributed by atoms with Crippen molar-refractivity contribution in [3.63, 3.8) is 0 Å². The lowest BCUT2D eigenvalue weighted by molar-refractivity contribution is 0.326. The summed E-state index contributed by atoms with van der Waals surface area (Å²) in [6.45, 7) is 1.55. The van der Waals surface area contributed by atoms with Gasteiger partial charge in [0.25, 0.3) is 0 Å². The highest BCUT2D eigenvalue weighted by atomic mass is 35.5. The number of benzene rings is 1. The van der Waals surface area contributed by atoms with Crippen molar-refractivity contribution in [2.75, 3.05) is 20.4 Å². The SMILES string of the molecule is CN1CN=C(SCc2c(Cl)cccc2Cl)NC1. The molecule has 0 bridgehead atoms. The number of aliphatic imine (C=N–C) groups is 1. The summed E-state index contributed by atoms with van der Waals surface area (Å²) in [6, 6.07) is 5.56. The van der Waals surface area contributed by atoms with Crippen molar-refractivity contribution in [2.45, 2.75) is 5.75 Å². The maximum absolute atomic E-state index is 6.10. The van der Waals surface area contributed by atoms with Crippen LogP contribution in [0, 0.1) is 0 Å². The standard InChI is InChI=1S/C11H13Cl2N3S/c1-16-6-14-11(15-7-16)17-5-8-9(12)3-2-4-10(8)13/h2-4H,5-7H2,1H3,(H,14,15). The maximum Gasteiger partial charge on any atom is 0.159 e. The first kappa shape index (κ1) is 13.0. The number of rotatable bonds is 2. The first-order valence-electron chi connectivity index (χ1n) is 5.19. The molecule has 17 heavy (non-hydrogen) atoms. The van der Waals surface area contributed by atoms with Crippen LogP contribution >= 0.6 is 35.0 Å². The summed E-state index contributed by atoms with van der Waals surface area (Å²) < 4.78 is 0. The summed E-state index contributed by atoms with van der Waals surface area (Å²) in [5.41, 5.74) is 0.962. The second-order valence-corrected chi connectivity index (χ2v) is 5.56. The summed E-state index contributed by atoms with van der Waals surface area (Å²) in [5, 5.41) is 5.59. The van der Waals surface area contributed by atoms with Crippen molar-refractivity contribution < 1.29 is 0 Å². The van der Waals surface area contributed by atoms with Crippen LogP contribution in [0.5, 0.6) is 0 Å². The van der Waals surface area contributed by atoms with Gasteiger partial charge in [-0.15, -0.1) is 0 Å². The average Bonchev–Trinajstić information content (AvgIpc) is 2.31. The van der Waals surface area contributed by atoms with Gasteiger partial charge in [0.15, 0.2) is 5.17 Å². The van der Waals surface area contributed by atoms with Crippen LogP contribution in [0.4, 0.5) is 0 Å². The molecule has 0 amide bonds. The zero-order chi connectivity index (χ0) is 12.3. The number of halogens is 2. The van der Waals surface area contributed by atoms with Gasteiger partial charge in [-0.25, -0.2) is 4.99 Å². The molecule has 0 saturated heterocycles. The largest absolute Gasteiger partial charge is 0.352 e. The fourth-order valence-electron chi connectivity index (χ4n) is 1.40. The number of hydrogen-bond donors (Lipinski definition) is 1. The van der Waals surface area contributed by atoms with E-state index in [0.717, 1.165) is 29.8 Å². The van der Waals surface area contributed by atoms with Crippen LogP contribution in [0.2, 0.25) is 10.0 Å². The van der Waals surface area contributed by atoms with Gasteiger partial charge in [-0.2, -0.15) is 0 Å². The second-order valence-electron chi connectivity index (χ2n) is 3.78. The van der Waals surface area contributed by atoms with Crippen molar-refractivity contribution >= 4 is 40.1 Å². The zero-order valence-corrected chi connectivity index (χ0v) is 11.7. The lowest BCUT2D eigenvalue weighted by Gasteiger charge is -2.22. The Morgan fingerprint density at radius 3 is 2.71 bits per heavy atom. The lowest BCUT2D eigenvalue weighted by atomic mass is 10.2. The van der Waals surface area contributed by atoms with Crippen molar-refractivity contribution in [3.8, 4) is 0 Å². The Kier molecular flexibility index (Phi) is 4.56. The summed E-state index contributed by atoms with van der Waals surface area (Å²) in [4.78, 5) is 6.48. The molecule has 0 atom stereocenters. The summed E-state index contributed by atoms with van der Waals surface area (Å²) in [7, 11) is 2.02. The number of amidine groups is 1. The van der Waals surface area contributed by atoms with Crippen molar-refractivity contribution in [1.29, 1.82) is 0 Å². The van der Waals surface area contributed by atoms with E-state index in [1.54, 1.807) is 11.8 Å². The van der Waals surface area contributed by atoms with Gasteiger partial charge >= 0.3 is 0 Å². The van der Waals surface area contributed by atoms with E-state index >= 15 is 0 Å². The van der Waals surface area contributed by atoms with E-state index in [0.29, 0.717) is 10.0 Å². The third-order valence-corrected chi connectivity index (χ3v) is 4.06. The van der Waals surface area contributed by atoms with E-state index in [1.165, 1.54) is 0 Å². The predicted molar refractivity (Wildman–Crippen MR) is 75.8 cm³/mol. The molecule has 0 aromatic heterocycles. The van der Waals surface area contributed by atoms with Gasteiger partial charge in [0, 0.05) is 15.8 Å². The van der Waals surface area contributed by atoms with Crippen LogP contribution in [0.25, 0.3) is 0 Å². The molecule has 0 saturated carbocycles. The van der Waals surface area contributed by atoms with E-state index in [1.807, 2.05) is 25.2 Å². The molecule has 1 heterocycles. The molecule has 0 spiro atoms. The Labute approximate surface area is 115 Å². The quantitative estimate of drug-likeness (QED) is 0.907. The Balaban J connectivity index is 1.98. The zero-order valence-electron chi connectivity index (χ0n) is 9.41. The third kappa shape index (κ3) is 3.52. The third-order valence-electron chi connectivity index (χ3n) is 2.37. The highest BCUT2D eigenvalue weighted by Gasteiger charge is 2.11. The monoisotopic (exact) mass is 289 g/mol. The predicted octanol–water partition coefficient (Wildman–Crippen LogP) is 3.03. The van der Waals surface area contributed by atoms with Crippen LogP contribution in [-0.4, -0.2) is 30.5 Å². The van der Waals surface area contributed by atoms with Gasteiger partial charge in [-0.1, -0.05) is 41.0 Å². The van der Waals surface area contributed by atoms with Crippen LogP contribution in [-0.2, 0) is 5.75 Å². The smallest absolute Gasteiger partial charge is 0.159 e. The number of nitrogens with one attached hydrogen (secondary N) is 1. The van der Waals surface area contributed by atoms with E-state index in [9.17, 15) is 0 Å². The van der Waals surface area contributed by atoms with Gasteiger partial charge in [0.2, 0.25) is 0 Å². The highest BCUT2D eigenvalue weighted by Crippen LogP contribution is 2.28. The van der Waals surface area contributed by atoms with E-state index < -0.39 is 0 Å². The second kappa shape index (κ2) is 5.96. The van der Waals surface area contributed by atoms with E-state index in [4.69, 9.17) is 23.2 Å². The molecule has 0 aliphatic carbocycles. The Hall–Kier alpha value is -0.420. The Morgan fingerprint density at radius 2 is 2.12 bits per heavy atom. The molecule has 6 heteroatoms. The van der Waals surface area contributed by atoms with Crippen molar-refractivity contribution in [2.24, 2.45) is 4.99 Å². The molecule has 1 aromatic carbocycles. The molecule has 0 unspecified atom stereocenters. The summed E-state index contributed by atoms with van der Waals surface area (Å²) in [5.74, 6) is 0.730. The van der Waals surface area contributed by atoms with Crippen LogP contribution in [0.1, 0.15) is 5.56 Å². The van der Waals surface area contributed by atoms with Crippen LogP contribution in [0.15, 0.2) is 23.2 Å². The molecular formula is C11H13Cl2N3S. The molecule has 0 radical (unpaired) electrons. The Morgan fingerprint density at radius 1 is 1.41 bits per heavy atom. The normalized spacial score (nSPS) is 16.5. The molecule has 2 rings (SSSR count). The van der Waals surface area contributed by atoms with Crippen LogP contribution < -0.4 is 5.32 Å². The summed E-state index contributed by atoms with van der Waals surface area (Å²) >= 11 is 13.8.